The van der Waals surface area contributed by atoms with Crippen LogP contribution in [0.25, 0.3) is 0 Å². The van der Waals surface area contributed by atoms with Crippen molar-refractivity contribution in [1.29, 1.82) is 0 Å². The van der Waals surface area contributed by atoms with Crippen LogP contribution in [0.1, 0.15) is 33.1 Å². The first-order chi connectivity index (χ1) is 5.87. The van der Waals surface area contributed by atoms with E-state index >= 15 is 0 Å². The fraction of sp³-hybridized carbons (Fsp3) is 1.00. The molecule has 0 aromatic carbocycles. The van der Waals surface area contributed by atoms with Crippen molar-refractivity contribution < 1.29 is 22.8 Å². The van der Waals surface area contributed by atoms with Crippen molar-refractivity contribution in [3.05, 3.63) is 0 Å². The van der Waals surface area contributed by atoms with Gasteiger partial charge < -0.3 is 10.2 Å². The average molecular weight is 212 g/mol. The quantitative estimate of drug-likeness (QED) is 0.373. The second-order valence-electron chi connectivity index (χ2n) is 2.73. The largest absolute Gasteiger partial charge is 0.352 e. The van der Waals surface area contributed by atoms with Gasteiger partial charge in [0, 0.05) is 6.42 Å². The first-order valence-electron chi connectivity index (χ1n) is 4.21. The van der Waals surface area contributed by atoms with Crippen molar-refractivity contribution in [1.82, 2.24) is 0 Å². The molecule has 0 saturated carbocycles. The Hall–Kier alpha value is -0.170. The minimum absolute atomic E-state index is 0.0122. The number of hydrogen-bond acceptors (Lipinski definition) is 5. The average Bonchev–Trinajstić information content (AvgIpc) is 2.04. The third-order valence-electron chi connectivity index (χ3n) is 1.60. The molecule has 0 unspecified atom stereocenters. The van der Waals surface area contributed by atoms with Crippen LogP contribution in [0.3, 0.4) is 0 Å². The van der Waals surface area contributed by atoms with Gasteiger partial charge in [0.05, 0.1) is 6.61 Å². The van der Waals surface area contributed by atoms with Crippen LogP contribution in [-0.2, 0) is 14.3 Å². The van der Waals surface area contributed by atoms with Crippen LogP contribution in [0.15, 0.2) is 0 Å². The van der Waals surface area contributed by atoms with Gasteiger partial charge in [0.1, 0.15) is 0 Å². The molecule has 0 heterocycles. The maximum Gasteiger partial charge on any atom is 0.324 e. The molecule has 0 radical (unpaired) electrons. The molecular formula is C7H16O5S. The topological polar surface area (TPSA) is 83.8 Å². The molecule has 0 amide bonds. The summed E-state index contributed by atoms with van der Waals surface area (Å²) in [5.74, 6) is 0. The Balaban J connectivity index is 4.24. The van der Waals surface area contributed by atoms with Crippen LogP contribution in [0.2, 0.25) is 0 Å². The summed E-state index contributed by atoms with van der Waals surface area (Å²) >= 11 is 0. The van der Waals surface area contributed by atoms with Crippen LogP contribution < -0.4 is 0 Å². The lowest BCUT2D eigenvalue weighted by Gasteiger charge is -2.18. The van der Waals surface area contributed by atoms with Gasteiger partial charge in [-0.1, -0.05) is 20.3 Å². The van der Waals surface area contributed by atoms with Crippen molar-refractivity contribution in [2.24, 2.45) is 0 Å². The molecule has 0 aliphatic rings. The van der Waals surface area contributed by atoms with Crippen molar-refractivity contribution in [3.63, 3.8) is 0 Å². The van der Waals surface area contributed by atoms with E-state index in [1.807, 2.05) is 6.92 Å². The molecule has 0 aliphatic carbocycles. The van der Waals surface area contributed by atoms with E-state index in [2.05, 4.69) is 4.18 Å². The Morgan fingerprint density at radius 3 is 2.23 bits per heavy atom. The fourth-order valence-electron chi connectivity index (χ4n) is 0.584. The van der Waals surface area contributed by atoms with Gasteiger partial charge in [-0.05, 0) is 6.42 Å². The zero-order chi connectivity index (χ0) is 10.5. The first kappa shape index (κ1) is 12.8. The van der Waals surface area contributed by atoms with Crippen molar-refractivity contribution in [2.45, 2.75) is 38.2 Å². The summed E-state index contributed by atoms with van der Waals surface area (Å²) in [6.07, 6.45) is 1.03. The molecule has 0 bridgehead atoms. The Bertz CT molecular complexity index is 231. The van der Waals surface area contributed by atoms with E-state index < -0.39 is 15.2 Å². The van der Waals surface area contributed by atoms with Gasteiger partial charge in [-0.25, -0.2) is 0 Å². The SMILES string of the molecule is CCCCOS(=O)(=O)C(O)(O)CC. The zero-order valence-electron chi connectivity index (χ0n) is 7.86. The molecule has 5 nitrogen and oxygen atoms in total. The molecule has 0 aromatic heterocycles. The maximum absolute atomic E-state index is 11.0. The number of unbranched alkanes of at least 4 members (excludes halogenated alkanes) is 1. The van der Waals surface area contributed by atoms with Gasteiger partial charge in [0.15, 0.2) is 0 Å². The van der Waals surface area contributed by atoms with Crippen LogP contribution >= 0.6 is 0 Å². The molecule has 0 aromatic rings. The van der Waals surface area contributed by atoms with Gasteiger partial charge in [-0.15, -0.1) is 0 Å². The van der Waals surface area contributed by atoms with Crippen LogP contribution in [0.5, 0.6) is 0 Å². The molecule has 0 saturated heterocycles. The minimum Gasteiger partial charge on any atom is -0.352 e. The van der Waals surface area contributed by atoms with E-state index in [4.69, 9.17) is 10.2 Å². The molecule has 0 atom stereocenters. The van der Waals surface area contributed by atoms with Gasteiger partial charge in [0.25, 0.3) is 5.12 Å². The van der Waals surface area contributed by atoms with E-state index in [9.17, 15) is 8.42 Å². The molecule has 0 aliphatic heterocycles. The molecule has 0 rings (SSSR count). The summed E-state index contributed by atoms with van der Waals surface area (Å²) in [6.45, 7) is 3.21. The highest BCUT2D eigenvalue weighted by atomic mass is 32.2. The highest BCUT2D eigenvalue weighted by Gasteiger charge is 2.38. The molecule has 2 N–H and O–H groups in total. The van der Waals surface area contributed by atoms with Gasteiger partial charge in [-0.2, -0.15) is 8.42 Å². The van der Waals surface area contributed by atoms with Crippen molar-refractivity contribution in [3.8, 4) is 0 Å². The third-order valence-corrected chi connectivity index (χ3v) is 3.16. The summed E-state index contributed by atoms with van der Waals surface area (Å²) in [6, 6.07) is 0. The van der Waals surface area contributed by atoms with E-state index in [0.717, 1.165) is 6.42 Å². The zero-order valence-corrected chi connectivity index (χ0v) is 8.67. The Kier molecular flexibility index (Phi) is 4.83. The van der Waals surface area contributed by atoms with Crippen molar-refractivity contribution in [2.75, 3.05) is 6.61 Å². The number of aliphatic hydroxyl groups is 2. The number of rotatable bonds is 6. The second-order valence-corrected chi connectivity index (χ2v) is 4.52. The highest BCUT2D eigenvalue weighted by Crippen LogP contribution is 2.16. The predicted molar refractivity (Wildman–Crippen MR) is 47.2 cm³/mol. The third kappa shape index (κ3) is 3.60. The van der Waals surface area contributed by atoms with Crippen molar-refractivity contribution >= 4 is 10.1 Å². The monoisotopic (exact) mass is 212 g/mol. The summed E-state index contributed by atoms with van der Waals surface area (Å²) in [7, 11) is -4.27. The van der Waals surface area contributed by atoms with E-state index in [0.29, 0.717) is 6.42 Å². The van der Waals surface area contributed by atoms with Gasteiger partial charge in [-0.3, -0.25) is 4.18 Å². The Morgan fingerprint density at radius 1 is 1.31 bits per heavy atom. The summed E-state index contributed by atoms with van der Waals surface area (Å²) < 4.78 is 26.5. The molecule has 0 fully saturated rings. The van der Waals surface area contributed by atoms with E-state index in [-0.39, 0.29) is 13.0 Å². The lowest BCUT2D eigenvalue weighted by Crippen LogP contribution is -2.38. The smallest absolute Gasteiger partial charge is 0.324 e. The molecule has 0 spiro atoms. The minimum atomic E-state index is -4.27. The first-order valence-corrected chi connectivity index (χ1v) is 5.62. The highest BCUT2D eigenvalue weighted by molar-refractivity contribution is 7.87. The Labute approximate surface area is 78.5 Å². The molecule has 80 valence electrons. The fourth-order valence-corrected chi connectivity index (χ4v) is 1.46. The van der Waals surface area contributed by atoms with Gasteiger partial charge in [0.2, 0.25) is 0 Å². The second kappa shape index (κ2) is 4.90. The number of hydrogen-bond donors (Lipinski definition) is 2. The molecule has 6 heteroatoms. The maximum atomic E-state index is 11.0. The Morgan fingerprint density at radius 2 is 1.85 bits per heavy atom. The van der Waals surface area contributed by atoms with Gasteiger partial charge >= 0.3 is 10.1 Å². The lowest BCUT2D eigenvalue weighted by molar-refractivity contribution is -0.0947. The summed E-state index contributed by atoms with van der Waals surface area (Å²) in [4.78, 5) is 0. The normalized spacial score (nSPS) is 13.2. The van der Waals surface area contributed by atoms with Crippen LogP contribution in [-0.4, -0.2) is 30.4 Å². The van der Waals surface area contributed by atoms with E-state index in [1.54, 1.807) is 0 Å². The summed E-state index contributed by atoms with van der Waals surface area (Å²) in [5.41, 5.74) is 0. The molecule has 13 heavy (non-hydrogen) atoms. The lowest BCUT2D eigenvalue weighted by atomic mass is 10.4. The standard InChI is InChI=1S/C7H16O5S/c1-3-5-6-12-13(10,11)7(8,9)4-2/h8-9H,3-6H2,1-2H3. The predicted octanol–water partition coefficient (Wildman–Crippen LogP) is 0.181. The molecular weight excluding hydrogens is 196 g/mol. The summed E-state index contributed by atoms with van der Waals surface area (Å²) in [5, 5.41) is 15.2. The van der Waals surface area contributed by atoms with Crippen LogP contribution in [0, 0.1) is 0 Å². The van der Waals surface area contributed by atoms with E-state index in [1.165, 1.54) is 6.92 Å². The van der Waals surface area contributed by atoms with Crippen LogP contribution in [0.4, 0.5) is 0 Å².